The molecule has 0 atom stereocenters. The summed E-state index contributed by atoms with van der Waals surface area (Å²) in [5, 5.41) is 2.51. The van der Waals surface area contributed by atoms with Gasteiger partial charge in [0.15, 0.2) is 5.78 Å². The van der Waals surface area contributed by atoms with Crippen LogP contribution in [0, 0.1) is 5.92 Å². The van der Waals surface area contributed by atoms with Crippen molar-refractivity contribution >= 4 is 22.2 Å². The summed E-state index contributed by atoms with van der Waals surface area (Å²) < 4.78 is 0. The predicted octanol–water partition coefficient (Wildman–Crippen LogP) is 5.02. The topological polar surface area (TPSA) is 23.6 Å². The molecule has 2 aromatic carbocycles. The van der Waals surface area contributed by atoms with Crippen LogP contribution in [0.3, 0.4) is 0 Å². The van der Waals surface area contributed by atoms with Crippen LogP contribution >= 0.6 is 0 Å². The van der Waals surface area contributed by atoms with Crippen LogP contribution in [0.1, 0.15) is 61.9 Å². The standard InChI is InChI=1S/C25H32N2O/c1-3-25(4-2)21-11-12-22(19-7-5-8-20(23(19)21)24(25)28)27-14-6-13-26(15-16-27)17-18-9-10-18/h5,7-8,11-12,18H,3-4,6,9-10,13-17H2,1-2H3. The molecule has 1 saturated heterocycles. The molecule has 0 radical (unpaired) electrons. The first-order valence-corrected chi connectivity index (χ1v) is 11.3. The largest absolute Gasteiger partial charge is 0.370 e. The highest BCUT2D eigenvalue weighted by Gasteiger charge is 2.44. The Hall–Kier alpha value is -1.87. The zero-order chi connectivity index (χ0) is 19.3. The second kappa shape index (κ2) is 6.88. The van der Waals surface area contributed by atoms with Crippen LogP contribution in [-0.4, -0.2) is 43.4 Å². The van der Waals surface area contributed by atoms with E-state index in [9.17, 15) is 4.79 Å². The number of anilines is 1. The van der Waals surface area contributed by atoms with Gasteiger partial charge in [0.25, 0.3) is 0 Å². The van der Waals surface area contributed by atoms with Gasteiger partial charge in [-0.15, -0.1) is 0 Å². The van der Waals surface area contributed by atoms with Gasteiger partial charge < -0.3 is 9.80 Å². The third kappa shape index (κ3) is 2.70. The van der Waals surface area contributed by atoms with Crippen LogP contribution in [0.2, 0.25) is 0 Å². The molecule has 0 aromatic heterocycles. The first kappa shape index (κ1) is 18.2. The minimum absolute atomic E-state index is 0.319. The number of nitrogens with zero attached hydrogens (tertiary/aromatic N) is 2. The molecule has 2 aliphatic carbocycles. The van der Waals surface area contributed by atoms with Crippen LogP contribution in [0.25, 0.3) is 10.8 Å². The lowest BCUT2D eigenvalue weighted by molar-refractivity contribution is 0.0886. The van der Waals surface area contributed by atoms with Crippen molar-refractivity contribution in [2.45, 2.75) is 51.4 Å². The molecule has 3 nitrogen and oxygen atoms in total. The summed E-state index contributed by atoms with van der Waals surface area (Å²) in [6.45, 7) is 10.2. The van der Waals surface area contributed by atoms with Crippen molar-refractivity contribution in [2.75, 3.05) is 37.6 Å². The third-order valence-corrected chi connectivity index (χ3v) is 7.56. The van der Waals surface area contributed by atoms with Gasteiger partial charge in [-0.1, -0.05) is 38.1 Å². The summed E-state index contributed by atoms with van der Waals surface area (Å²) in [6, 6.07) is 10.9. The van der Waals surface area contributed by atoms with Crippen molar-refractivity contribution in [1.29, 1.82) is 0 Å². The highest BCUT2D eigenvalue weighted by atomic mass is 16.1. The number of ketones is 1. The number of benzene rings is 2. The number of hydrogen-bond donors (Lipinski definition) is 0. The Morgan fingerprint density at radius 1 is 1.00 bits per heavy atom. The van der Waals surface area contributed by atoms with E-state index in [0.717, 1.165) is 44.0 Å². The van der Waals surface area contributed by atoms with E-state index in [0.29, 0.717) is 5.78 Å². The molecule has 2 aromatic rings. The number of hydrogen-bond acceptors (Lipinski definition) is 3. The summed E-state index contributed by atoms with van der Waals surface area (Å²) in [6.07, 6.45) is 5.85. The van der Waals surface area contributed by atoms with Gasteiger partial charge in [0.05, 0.1) is 5.41 Å². The maximum atomic E-state index is 13.3. The molecular formula is C25H32N2O. The van der Waals surface area contributed by atoms with Crippen LogP contribution in [-0.2, 0) is 5.41 Å². The first-order valence-electron chi connectivity index (χ1n) is 11.3. The molecule has 28 heavy (non-hydrogen) atoms. The van der Waals surface area contributed by atoms with Gasteiger partial charge >= 0.3 is 0 Å². The molecule has 0 N–H and O–H groups in total. The number of carbonyl (C=O) groups is 1. The van der Waals surface area contributed by atoms with Gasteiger partial charge in [0, 0.05) is 42.8 Å². The Labute approximate surface area is 168 Å². The van der Waals surface area contributed by atoms with Crippen molar-refractivity contribution in [3.05, 3.63) is 41.5 Å². The van der Waals surface area contributed by atoms with Gasteiger partial charge in [-0.3, -0.25) is 4.79 Å². The molecule has 0 spiro atoms. The molecular weight excluding hydrogens is 344 g/mol. The molecule has 1 aliphatic heterocycles. The molecule has 0 unspecified atom stereocenters. The van der Waals surface area contributed by atoms with Gasteiger partial charge in [-0.25, -0.2) is 0 Å². The monoisotopic (exact) mass is 376 g/mol. The van der Waals surface area contributed by atoms with Crippen molar-refractivity contribution < 1.29 is 4.79 Å². The molecule has 1 saturated carbocycles. The lowest BCUT2D eigenvalue weighted by atomic mass is 9.75. The van der Waals surface area contributed by atoms with Gasteiger partial charge in [-0.05, 0) is 61.6 Å². The molecule has 1 heterocycles. The molecule has 2 fully saturated rings. The second-order valence-electron chi connectivity index (χ2n) is 9.06. The third-order valence-electron chi connectivity index (χ3n) is 7.56. The molecule has 5 rings (SSSR count). The molecule has 0 amide bonds. The lowest BCUT2D eigenvalue weighted by Crippen LogP contribution is -2.32. The summed E-state index contributed by atoms with van der Waals surface area (Å²) in [5.74, 6) is 1.30. The van der Waals surface area contributed by atoms with E-state index in [1.165, 1.54) is 54.4 Å². The Morgan fingerprint density at radius 3 is 2.57 bits per heavy atom. The summed E-state index contributed by atoms with van der Waals surface area (Å²) in [5.41, 5.74) is 3.22. The SMILES string of the molecule is CCC1(CC)C(=O)c2cccc3c(N4CCCN(CC5CC5)CC4)ccc1c23. The first-order chi connectivity index (χ1) is 13.7. The highest BCUT2D eigenvalue weighted by molar-refractivity contribution is 6.22. The average molecular weight is 377 g/mol. The smallest absolute Gasteiger partial charge is 0.174 e. The van der Waals surface area contributed by atoms with E-state index in [1.807, 2.05) is 6.07 Å². The predicted molar refractivity (Wildman–Crippen MR) is 117 cm³/mol. The fraction of sp³-hybridized carbons (Fsp3) is 0.560. The molecule has 3 heteroatoms. The second-order valence-corrected chi connectivity index (χ2v) is 9.06. The Balaban J connectivity index is 1.52. The fourth-order valence-electron chi connectivity index (χ4n) is 5.65. The van der Waals surface area contributed by atoms with E-state index in [1.54, 1.807) is 0 Å². The zero-order valence-electron chi connectivity index (χ0n) is 17.3. The Morgan fingerprint density at radius 2 is 1.82 bits per heavy atom. The molecule has 3 aliphatic rings. The number of rotatable bonds is 5. The zero-order valence-corrected chi connectivity index (χ0v) is 17.3. The highest BCUT2D eigenvalue weighted by Crippen LogP contribution is 2.48. The van der Waals surface area contributed by atoms with Crippen molar-refractivity contribution in [3.63, 3.8) is 0 Å². The summed E-state index contributed by atoms with van der Waals surface area (Å²) >= 11 is 0. The van der Waals surface area contributed by atoms with Crippen LogP contribution in [0.5, 0.6) is 0 Å². The molecule has 0 bridgehead atoms. The Kier molecular flexibility index (Phi) is 4.46. The summed E-state index contributed by atoms with van der Waals surface area (Å²) in [7, 11) is 0. The van der Waals surface area contributed by atoms with E-state index in [-0.39, 0.29) is 5.41 Å². The van der Waals surface area contributed by atoms with Gasteiger partial charge in [0.1, 0.15) is 0 Å². The van der Waals surface area contributed by atoms with Crippen LogP contribution < -0.4 is 4.90 Å². The van der Waals surface area contributed by atoms with Crippen molar-refractivity contribution in [1.82, 2.24) is 4.90 Å². The van der Waals surface area contributed by atoms with Crippen LogP contribution in [0.15, 0.2) is 30.3 Å². The minimum atomic E-state index is -0.319. The lowest BCUT2D eigenvalue weighted by Gasteiger charge is -2.28. The maximum absolute atomic E-state index is 13.3. The summed E-state index contributed by atoms with van der Waals surface area (Å²) in [4.78, 5) is 18.6. The van der Waals surface area contributed by atoms with E-state index in [2.05, 4.69) is 47.9 Å². The maximum Gasteiger partial charge on any atom is 0.174 e. The van der Waals surface area contributed by atoms with E-state index < -0.39 is 0 Å². The van der Waals surface area contributed by atoms with Crippen LogP contribution in [0.4, 0.5) is 5.69 Å². The van der Waals surface area contributed by atoms with E-state index in [4.69, 9.17) is 0 Å². The fourth-order valence-corrected chi connectivity index (χ4v) is 5.65. The van der Waals surface area contributed by atoms with E-state index >= 15 is 0 Å². The average Bonchev–Trinajstić information content (AvgIpc) is 3.53. The van der Waals surface area contributed by atoms with Gasteiger partial charge in [0.2, 0.25) is 0 Å². The number of carbonyl (C=O) groups excluding carboxylic acids is 1. The molecule has 148 valence electrons. The van der Waals surface area contributed by atoms with Gasteiger partial charge in [-0.2, -0.15) is 0 Å². The quantitative estimate of drug-likeness (QED) is 0.732. The van der Waals surface area contributed by atoms with Crippen molar-refractivity contribution in [2.24, 2.45) is 5.92 Å². The van der Waals surface area contributed by atoms with Crippen molar-refractivity contribution in [3.8, 4) is 0 Å². The number of Topliss-reactive ketones (excluding diaryl/α,β-unsaturated/α-hetero) is 1. The Bertz CT molecular complexity index is 910. The minimum Gasteiger partial charge on any atom is -0.370 e. The normalized spacial score (nSPS) is 22.1.